The fraction of sp³-hybridized carbons (Fsp3) is 0.0435. The summed E-state index contributed by atoms with van der Waals surface area (Å²) in [6.07, 6.45) is 1.65. The molecule has 1 amide bonds. The van der Waals surface area contributed by atoms with Crippen LogP contribution in [0.15, 0.2) is 83.2 Å². The molecule has 0 saturated carbocycles. The number of hydrogen-bond donors (Lipinski definition) is 1. The SMILES string of the molecule is C=CCn1c(=NC(=O)c2cccc(NS(=O)(=O)c3ccc(F)cc3)c2)sc2c(Cl)ccc(Cl)c21. The summed E-state index contributed by atoms with van der Waals surface area (Å²) in [4.78, 5) is 17.4. The van der Waals surface area contributed by atoms with Crippen LogP contribution in [-0.2, 0) is 16.6 Å². The molecule has 4 aromatic rings. The van der Waals surface area contributed by atoms with Gasteiger partial charge < -0.3 is 4.57 Å². The molecular weight excluding hydrogens is 520 g/mol. The Morgan fingerprint density at radius 2 is 1.82 bits per heavy atom. The Balaban J connectivity index is 1.71. The molecule has 0 spiro atoms. The number of nitrogens with zero attached hydrogens (tertiary/aromatic N) is 2. The van der Waals surface area contributed by atoms with Crippen molar-refractivity contribution < 1.29 is 17.6 Å². The van der Waals surface area contributed by atoms with Gasteiger partial charge in [0.2, 0.25) is 0 Å². The number of rotatable bonds is 6. The Morgan fingerprint density at radius 1 is 1.12 bits per heavy atom. The maximum atomic E-state index is 13.1. The molecule has 0 aliphatic carbocycles. The zero-order valence-corrected chi connectivity index (χ0v) is 20.5. The average molecular weight is 536 g/mol. The molecule has 0 bridgehead atoms. The van der Waals surface area contributed by atoms with Gasteiger partial charge in [-0.2, -0.15) is 4.99 Å². The van der Waals surface area contributed by atoms with Crippen molar-refractivity contribution in [3.05, 3.63) is 99.5 Å². The lowest BCUT2D eigenvalue weighted by molar-refractivity contribution is 0.0998. The van der Waals surface area contributed by atoms with Crippen LogP contribution in [0.2, 0.25) is 10.0 Å². The van der Waals surface area contributed by atoms with Crippen molar-refractivity contribution in [2.24, 2.45) is 4.99 Å². The van der Waals surface area contributed by atoms with Crippen LogP contribution in [0, 0.1) is 5.82 Å². The van der Waals surface area contributed by atoms with Crippen molar-refractivity contribution in [2.75, 3.05) is 4.72 Å². The highest BCUT2D eigenvalue weighted by Crippen LogP contribution is 2.32. The monoisotopic (exact) mass is 535 g/mol. The summed E-state index contributed by atoms with van der Waals surface area (Å²) in [6, 6.07) is 13.7. The summed E-state index contributed by atoms with van der Waals surface area (Å²) >= 11 is 13.9. The van der Waals surface area contributed by atoms with E-state index in [1.165, 1.54) is 35.6 Å². The maximum absolute atomic E-state index is 13.1. The van der Waals surface area contributed by atoms with E-state index in [2.05, 4.69) is 16.3 Å². The Labute approximate surface area is 208 Å². The van der Waals surface area contributed by atoms with E-state index >= 15 is 0 Å². The topological polar surface area (TPSA) is 80.5 Å². The highest BCUT2D eigenvalue weighted by atomic mass is 35.5. The number of thiazole rings is 1. The number of fused-ring (bicyclic) bond motifs is 1. The number of anilines is 1. The summed E-state index contributed by atoms with van der Waals surface area (Å²) in [5, 5.41) is 0.942. The van der Waals surface area contributed by atoms with Gasteiger partial charge in [0.15, 0.2) is 4.80 Å². The van der Waals surface area contributed by atoms with E-state index in [1.54, 1.807) is 22.8 Å². The number of allylic oxidation sites excluding steroid dienone is 1. The lowest BCUT2D eigenvalue weighted by Crippen LogP contribution is -2.17. The molecule has 1 heterocycles. The number of carbonyl (C=O) groups excluding carboxylic acids is 1. The van der Waals surface area contributed by atoms with Crippen LogP contribution in [-0.4, -0.2) is 18.9 Å². The first kappa shape index (κ1) is 24.2. The van der Waals surface area contributed by atoms with Crippen LogP contribution in [0.5, 0.6) is 0 Å². The first-order valence-corrected chi connectivity index (χ1v) is 12.8. The second kappa shape index (κ2) is 9.71. The van der Waals surface area contributed by atoms with Crippen LogP contribution >= 0.6 is 34.5 Å². The summed E-state index contributed by atoms with van der Waals surface area (Å²) < 4.78 is 43.1. The van der Waals surface area contributed by atoms with E-state index in [0.717, 1.165) is 24.3 Å². The van der Waals surface area contributed by atoms with Gasteiger partial charge in [0.05, 0.1) is 25.2 Å². The Morgan fingerprint density at radius 3 is 2.53 bits per heavy atom. The van der Waals surface area contributed by atoms with Gasteiger partial charge in [-0.1, -0.05) is 46.7 Å². The molecule has 0 unspecified atom stereocenters. The van der Waals surface area contributed by atoms with Gasteiger partial charge >= 0.3 is 0 Å². The summed E-state index contributed by atoms with van der Waals surface area (Å²) in [5.41, 5.74) is 0.970. The highest BCUT2D eigenvalue weighted by Gasteiger charge is 2.16. The number of sulfonamides is 1. The number of aromatic nitrogens is 1. The fourth-order valence-corrected chi connectivity index (χ4v) is 5.89. The Kier molecular flexibility index (Phi) is 6.90. The number of hydrogen-bond acceptors (Lipinski definition) is 4. The second-order valence-electron chi connectivity index (χ2n) is 7.05. The molecule has 0 aliphatic heterocycles. The van der Waals surface area contributed by atoms with E-state index in [-0.39, 0.29) is 16.1 Å². The van der Waals surface area contributed by atoms with E-state index in [4.69, 9.17) is 23.2 Å². The lowest BCUT2D eigenvalue weighted by Gasteiger charge is -2.09. The normalized spacial score (nSPS) is 12.1. The molecule has 3 aromatic carbocycles. The molecule has 0 saturated heterocycles. The Bertz CT molecular complexity index is 1590. The zero-order chi connectivity index (χ0) is 24.5. The molecule has 4 rings (SSSR count). The summed E-state index contributed by atoms with van der Waals surface area (Å²) in [7, 11) is -3.97. The highest BCUT2D eigenvalue weighted by molar-refractivity contribution is 7.92. The van der Waals surface area contributed by atoms with E-state index in [9.17, 15) is 17.6 Å². The largest absolute Gasteiger partial charge is 0.311 e. The maximum Gasteiger partial charge on any atom is 0.279 e. The van der Waals surface area contributed by atoms with E-state index < -0.39 is 21.7 Å². The van der Waals surface area contributed by atoms with Gasteiger partial charge in [-0.25, -0.2) is 12.8 Å². The molecule has 0 atom stereocenters. The third-order valence-corrected chi connectivity index (χ3v) is 7.96. The predicted octanol–water partition coefficient (Wildman–Crippen LogP) is 5.88. The minimum atomic E-state index is -3.97. The van der Waals surface area contributed by atoms with Crippen molar-refractivity contribution in [1.29, 1.82) is 0 Å². The van der Waals surface area contributed by atoms with Crippen molar-refractivity contribution in [2.45, 2.75) is 11.4 Å². The smallest absolute Gasteiger partial charge is 0.279 e. The molecule has 6 nitrogen and oxygen atoms in total. The molecule has 1 N–H and O–H groups in total. The van der Waals surface area contributed by atoms with Gasteiger partial charge in [-0.15, -0.1) is 6.58 Å². The molecular formula is C23H16Cl2FN3O3S2. The first-order chi connectivity index (χ1) is 16.2. The number of nitrogens with one attached hydrogen (secondary N) is 1. The van der Waals surface area contributed by atoms with Gasteiger partial charge in [0.25, 0.3) is 15.9 Å². The van der Waals surface area contributed by atoms with E-state index in [0.29, 0.717) is 31.6 Å². The zero-order valence-electron chi connectivity index (χ0n) is 17.3. The first-order valence-electron chi connectivity index (χ1n) is 9.75. The molecule has 174 valence electrons. The molecule has 34 heavy (non-hydrogen) atoms. The van der Waals surface area contributed by atoms with Crippen LogP contribution in [0.25, 0.3) is 10.2 Å². The third kappa shape index (κ3) is 4.92. The molecule has 0 radical (unpaired) electrons. The van der Waals surface area contributed by atoms with Gasteiger partial charge in [-0.05, 0) is 54.6 Å². The van der Waals surface area contributed by atoms with Crippen LogP contribution < -0.4 is 9.52 Å². The van der Waals surface area contributed by atoms with Crippen molar-refractivity contribution in [1.82, 2.24) is 4.57 Å². The number of benzene rings is 3. The predicted molar refractivity (Wildman–Crippen MR) is 134 cm³/mol. The summed E-state index contributed by atoms with van der Waals surface area (Å²) in [6.45, 7) is 4.09. The molecule has 0 fully saturated rings. The minimum Gasteiger partial charge on any atom is -0.311 e. The van der Waals surface area contributed by atoms with Crippen molar-refractivity contribution >= 4 is 66.4 Å². The molecule has 1 aromatic heterocycles. The molecule has 11 heteroatoms. The Hall–Kier alpha value is -2.98. The summed E-state index contributed by atoms with van der Waals surface area (Å²) in [5.74, 6) is -1.13. The van der Waals surface area contributed by atoms with Crippen LogP contribution in [0.1, 0.15) is 10.4 Å². The quantitative estimate of drug-likeness (QED) is 0.313. The lowest BCUT2D eigenvalue weighted by atomic mass is 10.2. The third-order valence-electron chi connectivity index (χ3n) is 4.72. The van der Waals surface area contributed by atoms with Crippen molar-refractivity contribution in [3.63, 3.8) is 0 Å². The van der Waals surface area contributed by atoms with Crippen molar-refractivity contribution in [3.8, 4) is 0 Å². The number of halogens is 3. The van der Waals surface area contributed by atoms with Gasteiger partial charge in [0, 0.05) is 17.8 Å². The second-order valence-corrected chi connectivity index (χ2v) is 10.5. The van der Waals surface area contributed by atoms with Gasteiger partial charge in [0.1, 0.15) is 5.82 Å². The fourth-order valence-electron chi connectivity index (χ4n) is 3.19. The van der Waals surface area contributed by atoms with Gasteiger partial charge in [-0.3, -0.25) is 9.52 Å². The standard InChI is InChI=1S/C23H16Cl2FN3O3S2/c1-2-12-29-20-18(24)10-11-19(25)21(20)33-23(29)27-22(30)14-4-3-5-16(13-14)28-34(31,32)17-8-6-15(26)7-9-17/h2-11,13,28H,1,12H2. The van der Waals surface area contributed by atoms with Crippen LogP contribution in [0.3, 0.4) is 0 Å². The van der Waals surface area contributed by atoms with Crippen LogP contribution in [0.4, 0.5) is 10.1 Å². The minimum absolute atomic E-state index is 0.111. The molecule has 0 aliphatic rings. The van der Waals surface area contributed by atoms with E-state index in [1.807, 2.05) is 0 Å². The average Bonchev–Trinajstić information content (AvgIpc) is 3.16. The number of carbonyl (C=O) groups is 1. The number of amides is 1.